The summed E-state index contributed by atoms with van der Waals surface area (Å²) in [6.07, 6.45) is 14.4. The predicted octanol–water partition coefficient (Wildman–Crippen LogP) is 4.66. The van der Waals surface area contributed by atoms with Crippen LogP contribution in [-0.4, -0.2) is 17.7 Å². The van der Waals surface area contributed by atoms with Gasteiger partial charge in [-0.15, -0.1) is 0 Å². The van der Waals surface area contributed by atoms with Crippen molar-refractivity contribution in [1.29, 1.82) is 0 Å². The summed E-state index contributed by atoms with van der Waals surface area (Å²) in [5, 5.41) is 0. The van der Waals surface area contributed by atoms with Gasteiger partial charge < -0.3 is 10.5 Å². The summed E-state index contributed by atoms with van der Waals surface area (Å²) in [6.45, 7) is 5.71. The Morgan fingerprint density at radius 1 is 0.952 bits per heavy atom. The van der Waals surface area contributed by atoms with Crippen molar-refractivity contribution in [2.45, 2.75) is 95.6 Å². The molecule has 2 saturated carbocycles. The van der Waals surface area contributed by atoms with Crippen LogP contribution in [0.4, 0.5) is 0 Å². The number of hydrogen-bond donors (Lipinski definition) is 1. The van der Waals surface area contributed by atoms with Crippen molar-refractivity contribution in [3.8, 4) is 0 Å². The Balaban J connectivity index is 1.69. The molecule has 2 nitrogen and oxygen atoms in total. The normalized spacial score (nSPS) is 40.6. The lowest BCUT2D eigenvalue weighted by Gasteiger charge is -2.51. The average molecular weight is 293 g/mol. The number of ether oxygens (including phenoxy) is 1. The standard InChI is InChI=1S/C19H35NO/c1-15(2)16-7-6-11-19(20,13-16)17-8-12-21-18(14-17)9-4-3-5-10-18/h15-17H,3-14,20H2,1-2H3. The van der Waals surface area contributed by atoms with Crippen LogP contribution >= 0.6 is 0 Å². The van der Waals surface area contributed by atoms with Crippen LogP contribution in [0.3, 0.4) is 0 Å². The highest BCUT2D eigenvalue weighted by Crippen LogP contribution is 2.48. The molecule has 0 radical (unpaired) electrons. The van der Waals surface area contributed by atoms with Crippen molar-refractivity contribution in [2.24, 2.45) is 23.5 Å². The first-order chi connectivity index (χ1) is 10.0. The van der Waals surface area contributed by atoms with Gasteiger partial charge in [0, 0.05) is 12.1 Å². The van der Waals surface area contributed by atoms with E-state index in [1.54, 1.807) is 0 Å². The van der Waals surface area contributed by atoms with Gasteiger partial charge in [-0.3, -0.25) is 0 Å². The zero-order valence-corrected chi connectivity index (χ0v) is 14.2. The van der Waals surface area contributed by atoms with Crippen LogP contribution in [0.5, 0.6) is 0 Å². The number of hydrogen-bond acceptors (Lipinski definition) is 2. The van der Waals surface area contributed by atoms with E-state index in [0.29, 0.717) is 5.92 Å². The molecule has 122 valence electrons. The van der Waals surface area contributed by atoms with Crippen molar-refractivity contribution < 1.29 is 4.74 Å². The third kappa shape index (κ3) is 3.32. The fourth-order valence-corrected chi connectivity index (χ4v) is 5.39. The molecule has 0 aromatic heterocycles. The maximum absolute atomic E-state index is 7.00. The molecule has 3 aliphatic rings. The quantitative estimate of drug-likeness (QED) is 0.803. The Kier molecular flexibility index (Phi) is 4.66. The number of rotatable bonds is 2. The van der Waals surface area contributed by atoms with Crippen molar-refractivity contribution >= 4 is 0 Å². The van der Waals surface area contributed by atoms with Crippen molar-refractivity contribution in [1.82, 2.24) is 0 Å². The molecule has 0 aromatic rings. The second-order valence-electron chi connectivity index (χ2n) is 8.62. The zero-order valence-electron chi connectivity index (χ0n) is 14.2. The maximum Gasteiger partial charge on any atom is 0.0685 e. The fraction of sp³-hybridized carbons (Fsp3) is 1.00. The van der Waals surface area contributed by atoms with Crippen LogP contribution in [0.25, 0.3) is 0 Å². The highest BCUT2D eigenvalue weighted by atomic mass is 16.5. The van der Waals surface area contributed by atoms with Gasteiger partial charge >= 0.3 is 0 Å². The summed E-state index contributed by atoms with van der Waals surface area (Å²) in [5.41, 5.74) is 7.30. The lowest BCUT2D eigenvalue weighted by Crippen LogP contribution is -2.56. The molecule has 1 spiro atoms. The van der Waals surface area contributed by atoms with Crippen LogP contribution in [0.15, 0.2) is 0 Å². The molecule has 2 N–H and O–H groups in total. The van der Waals surface area contributed by atoms with Crippen molar-refractivity contribution in [3.05, 3.63) is 0 Å². The molecule has 0 aromatic carbocycles. The molecular weight excluding hydrogens is 258 g/mol. The summed E-state index contributed by atoms with van der Waals surface area (Å²) in [6, 6.07) is 0. The third-order valence-electron chi connectivity index (χ3n) is 6.87. The summed E-state index contributed by atoms with van der Waals surface area (Å²) >= 11 is 0. The lowest BCUT2D eigenvalue weighted by atomic mass is 9.62. The molecule has 0 bridgehead atoms. The predicted molar refractivity (Wildman–Crippen MR) is 88.2 cm³/mol. The summed E-state index contributed by atoms with van der Waals surface area (Å²) in [7, 11) is 0. The molecule has 1 aliphatic heterocycles. The Labute approximate surface area is 131 Å². The van der Waals surface area contributed by atoms with Gasteiger partial charge in [0.05, 0.1) is 5.60 Å². The minimum absolute atomic E-state index is 0.0986. The molecule has 3 fully saturated rings. The van der Waals surface area contributed by atoms with Gasteiger partial charge in [0.1, 0.15) is 0 Å². The van der Waals surface area contributed by atoms with E-state index >= 15 is 0 Å². The van der Waals surface area contributed by atoms with E-state index in [9.17, 15) is 0 Å². The topological polar surface area (TPSA) is 35.2 Å². The fourth-order valence-electron chi connectivity index (χ4n) is 5.39. The average Bonchev–Trinajstić information content (AvgIpc) is 2.48. The smallest absolute Gasteiger partial charge is 0.0685 e. The van der Waals surface area contributed by atoms with Crippen LogP contribution in [-0.2, 0) is 4.74 Å². The van der Waals surface area contributed by atoms with Gasteiger partial charge in [0.15, 0.2) is 0 Å². The van der Waals surface area contributed by atoms with Gasteiger partial charge in [-0.05, 0) is 56.3 Å². The maximum atomic E-state index is 7.00. The van der Waals surface area contributed by atoms with Crippen LogP contribution in [0.2, 0.25) is 0 Å². The van der Waals surface area contributed by atoms with Crippen molar-refractivity contribution in [2.75, 3.05) is 6.61 Å². The van der Waals surface area contributed by atoms with Gasteiger partial charge in [-0.1, -0.05) is 46.0 Å². The molecule has 3 unspecified atom stereocenters. The molecule has 3 rings (SSSR count). The van der Waals surface area contributed by atoms with E-state index in [-0.39, 0.29) is 11.1 Å². The Hall–Kier alpha value is -0.0800. The van der Waals surface area contributed by atoms with E-state index in [0.717, 1.165) is 18.4 Å². The molecule has 1 saturated heterocycles. The minimum atomic E-state index is 0.0986. The Morgan fingerprint density at radius 2 is 1.71 bits per heavy atom. The molecule has 2 aliphatic carbocycles. The summed E-state index contributed by atoms with van der Waals surface area (Å²) in [4.78, 5) is 0. The van der Waals surface area contributed by atoms with Gasteiger partial charge in [-0.2, -0.15) is 0 Å². The van der Waals surface area contributed by atoms with E-state index in [1.807, 2.05) is 0 Å². The lowest BCUT2D eigenvalue weighted by molar-refractivity contribution is -0.131. The van der Waals surface area contributed by atoms with Gasteiger partial charge in [-0.25, -0.2) is 0 Å². The molecule has 3 atom stereocenters. The van der Waals surface area contributed by atoms with Gasteiger partial charge in [0.25, 0.3) is 0 Å². The molecule has 1 heterocycles. The largest absolute Gasteiger partial charge is 0.375 e. The van der Waals surface area contributed by atoms with Crippen LogP contribution < -0.4 is 5.73 Å². The Bertz CT molecular complexity index is 342. The van der Waals surface area contributed by atoms with Crippen molar-refractivity contribution in [3.63, 3.8) is 0 Å². The highest BCUT2D eigenvalue weighted by Gasteiger charge is 2.47. The SMILES string of the molecule is CC(C)C1CCCC(N)(C2CCOC3(CCCCC3)C2)C1. The zero-order chi connectivity index (χ0) is 14.9. The van der Waals surface area contributed by atoms with E-state index < -0.39 is 0 Å². The van der Waals surface area contributed by atoms with E-state index in [1.165, 1.54) is 70.6 Å². The van der Waals surface area contributed by atoms with Gasteiger partial charge in [0.2, 0.25) is 0 Å². The molecular formula is C19H35NO. The summed E-state index contributed by atoms with van der Waals surface area (Å²) < 4.78 is 6.29. The second-order valence-corrected chi connectivity index (χ2v) is 8.62. The second kappa shape index (κ2) is 6.20. The highest BCUT2D eigenvalue weighted by molar-refractivity contribution is 5.02. The first-order valence-corrected chi connectivity index (χ1v) is 9.46. The monoisotopic (exact) mass is 293 g/mol. The molecule has 0 amide bonds. The van der Waals surface area contributed by atoms with E-state index in [2.05, 4.69) is 13.8 Å². The van der Waals surface area contributed by atoms with Crippen LogP contribution in [0, 0.1) is 17.8 Å². The van der Waals surface area contributed by atoms with Crippen LogP contribution in [0.1, 0.15) is 84.5 Å². The molecule has 21 heavy (non-hydrogen) atoms. The first-order valence-electron chi connectivity index (χ1n) is 9.46. The Morgan fingerprint density at radius 3 is 2.43 bits per heavy atom. The number of nitrogens with two attached hydrogens (primary N) is 1. The van der Waals surface area contributed by atoms with E-state index in [4.69, 9.17) is 10.5 Å². The first kappa shape index (κ1) is 15.8. The third-order valence-corrected chi connectivity index (χ3v) is 6.87. The minimum Gasteiger partial charge on any atom is -0.375 e. The summed E-state index contributed by atoms with van der Waals surface area (Å²) in [5.74, 6) is 2.33. The molecule has 2 heteroatoms.